The molecule has 0 atom stereocenters. The molecule has 0 amide bonds. The summed E-state index contributed by atoms with van der Waals surface area (Å²) < 4.78 is 27.4. The molecule has 0 radical (unpaired) electrons. The van der Waals surface area contributed by atoms with Crippen molar-refractivity contribution in [3.8, 4) is 22.6 Å². The van der Waals surface area contributed by atoms with Gasteiger partial charge in [0.1, 0.15) is 5.69 Å². The summed E-state index contributed by atoms with van der Waals surface area (Å²) in [6.45, 7) is 2.34. The summed E-state index contributed by atoms with van der Waals surface area (Å²) in [5, 5.41) is 8.37. The molecule has 3 N–H and O–H groups in total. The van der Waals surface area contributed by atoms with E-state index in [1.165, 1.54) is 0 Å². The molecule has 0 unspecified atom stereocenters. The molecule has 158 valence electrons. The van der Waals surface area contributed by atoms with E-state index in [0.717, 1.165) is 22.9 Å². The lowest BCUT2D eigenvalue weighted by Gasteiger charge is -2.10. The molecule has 0 saturated heterocycles. The average molecular weight is 436 g/mol. The first kappa shape index (κ1) is 20.5. The molecule has 0 fully saturated rings. The van der Waals surface area contributed by atoms with E-state index in [0.29, 0.717) is 29.3 Å². The molecule has 2 heterocycles. The van der Waals surface area contributed by atoms with Gasteiger partial charge in [-0.25, -0.2) is 23.1 Å². The Morgan fingerprint density at radius 2 is 1.77 bits per heavy atom. The van der Waals surface area contributed by atoms with Crippen LogP contribution in [0.25, 0.3) is 22.6 Å². The van der Waals surface area contributed by atoms with Crippen LogP contribution in [0.1, 0.15) is 11.1 Å². The van der Waals surface area contributed by atoms with Crippen molar-refractivity contribution in [3.63, 3.8) is 0 Å². The maximum atomic E-state index is 11.6. The van der Waals surface area contributed by atoms with Gasteiger partial charge >= 0.3 is 0 Å². The SMILES string of the molecule is Cc1cccc(-c2cc(-c3cn(Cc4ccccc4NS(C)(=O)=O)nn3)nc(N)n2)c1. The zero-order valence-electron chi connectivity index (χ0n) is 17.0. The molecule has 2 aromatic carbocycles. The smallest absolute Gasteiger partial charge is 0.229 e. The van der Waals surface area contributed by atoms with E-state index in [4.69, 9.17) is 5.73 Å². The summed E-state index contributed by atoms with van der Waals surface area (Å²) in [6.07, 6.45) is 2.85. The first-order chi connectivity index (χ1) is 14.8. The number of nitrogen functional groups attached to an aromatic ring is 1. The van der Waals surface area contributed by atoms with E-state index in [-0.39, 0.29) is 5.95 Å². The van der Waals surface area contributed by atoms with Gasteiger partial charge in [-0.3, -0.25) is 4.72 Å². The number of rotatable bonds is 6. The van der Waals surface area contributed by atoms with E-state index < -0.39 is 10.0 Å². The number of aromatic nitrogens is 5. The number of para-hydroxylation sites is 1. The van der Waals surface area contributed by atoms with Gasteiger partial charge in [-0.2, -0.15) is 0 Å². The van der Waals surface area contributed by atoms with Crippen LogP contribution in [0.3, 0.4) is 0 Å². The molecule has 0 saturated carbocycles. The number of aryl methyl sites for hydroxylation is 1. The Labute approximate surface area is 180 Å². The van der Waals surface area contributed by atoms with Crippen molar-refractivity contribution in [3.05, 3.63) is 71.9 Å². The van der Waals surface area contributed by atoms with Crippen LogP contribution < -0.4 is 10.5 Å². The Balaban J connectivity index is 1.63. The largest absolute Gasteiger partial charge is 0.368 e. The topological polar surface area (TPSA) is 129 Å². The minimum absolute atomic E-state index is 0.145. The predicted molar refractivity (Wildman–Crippen MR) is 120 cm³/mol. The van der Waals surface area contributed by atoms with Gasteiger partial charge in [0, 0.05) is 5.56 Å². The van der Waals surface area contributed by atoms with Crippen LogP contribution in [-0.4, -0.2) is 39.6 Å². The number of benzene rings is 2. The third-order valence-electron chi connectivity index (χ3n) is 4.50. The zero-order valence-corrected chi connectivity index (χ0v) is 17.8. The number of hydrogen-bond acceptors (Lipinski definition) is 7. The summed E-state index contributed by atoms with van der Waals surface area (Å²) in [4.78, 5) is 8.64. The number of anilines is 2. The van der Waals surface area contributed by atoms with Crippen molar-refractivity contribution in [2.24, 2.45) is 0 Å². The highest BCUT2D eigenvalue weighted by molar-refractivity contribution is 7.92. The van der Waals surface area contributed by atoms with Gasteiger partial charge in [0.15, 0.2) is 0 Å². The maximum absolute atomic E-state index is 11.6. The number of nitrogens with two attached hydrogens (primary N) is 1. The molecule has 9 nitrogen and oxygen atoms in total. The van der Waals surface area contributed by atoms with Crippen LogP contribution >= 0.6 is 0 Å². The Hall–Kier alpha value is -3.79. The number of nitrogens with zero attached hydrogens (tertiary/aromatic N) is 5. The fraction of sp³-hybridized carbons (Fsp3) is 0.143. The average Bonchev–Trinajstić information content (AvgIpc) is 3.17. The van der Waals surface area contributed by atoms with Crippen molar-refractivity contribution < 1.29 is 8.42 Å². The van der Waals surface area contributed by atoms with Crippen molar-refractivity contribution in [2.75, 3.05) is 16.7 Å². The van der Waals surface area contributed by atoms with E-state index in [2.05, 4.69) is 25.0 Å². The number of hydrogen-bond donors (Lipinski definition) is 2. The van der Waals surface area contributed by atoms with E-state index >= 15 is 0 Å². The van der Waals surface area contributed by atoms with E-state index in [9.17, 15) is 8.42 Å². The summed E-state index contributed by atoms with van der Waals surface area (Å²) in [5.74, 6) is 0.145. The second kappa shape index (κ2) is 8.15. The molecule has 2 aromatic heterocycles. The van der Waals surface area contributed by atoms with E-state index in [1.54, 1.807) is 23.0 Å². The van der Waals surface area contributed by atoms with Gasteiger partial charge in [0.2, 0.25) is 16.0 Å². The lowest BCUT2D eigenvalue weighted by molar-refractivity contribution is 0.606. The van der Waals surface area contributed by atoms with Crippen LogP contribution in [-0.2, 0) is 16.6 Å². The number of sulfonamides is 1. The normalized spacial score (nSPS) is 11.4. The molecule has 0 bridgehead atoms. The molecular formula is C21H21N7O2S. The quantitative estimate of drug-likeness (QED) is 0.476. The predicted octanol–water partition coefficient (Wildman–Crippen LogP) is 2.71. The highest BCUT2D eigenvalue weighted by Crippen LogP contribution is 2.24. The van der Waals surface area contributed by atoms with Gasteiger partial charge in [-0.15, -0.1) is 5.10 Å². The Morgan fingerprint density at radius 3 is 2.55 bits per heavy atom. The summed E-state index contributed by atoms with van der Waals surface area (Å²) >= 11 is 0. The Kier molecular flexibility index (Phi) is 5.38. The van der Waals surface area contributed by atoms with Crippen LogP contribution in [0, 0.1) is 6.92 Å². The van der Waals surface area contributed by atoms with Gasteiger partial charge < -0.3 is 5.73 Å². The van der Waals surface area contributed by atoms with Crippen LogP contribution in [0.15, 0.2) is 60.8 Å². The minimum atomic E-state index is -3.39. The number of nitrogens with one attached hydrogen (secondary N) is 1. The molecule has 4 aromatic rings. The molecule has 0 aliphatic carbocycles. The third-order valence-corrected chi connectivity index (χ3v) is 5.09. The highest BCUT2D eigenvalue weighted by Gasteiger charge is 2.12. The molecule has 4 rings (SSSR count). The van der Waals surface area contributed by atoms with Crippen LogP contribution in [0.2, 0.25) is 0 Å². The highest BCUT2D eigenvalue weighted by atomic mass is 32.2. The summed E-state index contributed by atoms with van der Waals surface area (Å²) in [5.41, 5.74) is 11.0. The van der Waals surface area contributed by atoms with Crippen molar-refractivity contribution in [1.82, 2.24) is 25.0 Å². The molecule has 0 spiro atoms. The van der Waals surface area contributed by atoms with E-state index in [1.807, 2.05) is 49.4 Å². The molecule has 31 heavy (non-hydrogen) atoms. The van der Waals surface area contributed by atoms with Crippen LogP contribution in [0.4, 0.5) is 11.6 Å². The second-order valence-electron chi connectivity index (χ2n) is 7.20. The first-order valence-electron chi connectivity index (χ1n) is 9.45. The molecular weight excluding hydrogens is 414 g/mol. The first-order valence-corrected chi connectivity index (χ1v) is 11.3. The van der Waals surface area contributed by atoms with Gasteiger partial charge in [-0.1, -0.05) is 47.2 Å². The molecule has 0 aliphatic rings. The lowest BCUT2D eigenvalue weighted by atomic mass is 10.1. The van der Waals surface area contributed by atoms with Crippen molar-refractivity contribution in [1.29, 1.82) is 0 Å². The standard InChI is InChI=1S/C21H21N7O2S/c1-14-6-5-8-15(10-14)18-11-19(24-21(22)23-18)20-13-28(27-25-20)12-16-7-3-4-9-17(16)26-31(2,29)30/h3-11,13,26H,12H2,1-2H3,(H2,22,23,24). The molecule has 0 aliphatic heterocycles. The van der Waals surface area contributed by atoms with Gasteiger partial charge in [0.25, 0.3) is 0 Å². The third kappa shape index (κ3) is 5.04. The van der Waals surface area contributed by atoms with Crippen molar-refractivity contribution >= 4 is 21.7 Å². The lowest BCUT2D eigenvalue weighted by Crippen LogP contribution is -2.12. The zero-order chi connectivity index (χ0) is 22.0. The van der Waals surface area contributed by atoms with Gasteiger partial charge in [0.05, 0.1) is 36.1 Å². The fourth-order valence-corrected chi connectivity index (χ4v) is 3.77. The fourth-order valence-electron chi connectivity index (χ4n) is 3.17. The summed E-state index contributed by atoms with van der Waals surface area (Å²) in [7, 11) is -3.39. The minimum Gasteiger partial charge on any atom is -0.368 e. The summed E-state index contributed by atoms with van der Waals surface area (Å²) in [6, 6.07) is 16.9. The second-order valence-corrected chi connectivity index (χ2v) is 8.95. The monoisotopic (exact) mass is 435 g/mol. The molecule has 10 heteroatoms. The maximum Gasteiger partial charge on any atom is 0.229 e. The van der Waals surface area contributed by atoms with Crippen molar-refractivity contribution in [2.45, 2.75) is 13.5 Å². The Bertz CT molecular complexity index is 1350. The Morgan fingerprint density at radius 1 is 1.00 bits per heavy atom. The van der Waals surface area contributed by atoms with Gasteiger partial charge in [-0.05, 0) is 30.7 Å². The van der Waals surface area contributed by atoms with Crippen LogP contribution in [0.5, 0.6) is 0 Å².